The Bertz CT molecular complexity index is 371. The molecule has 0 spiro atoms. The van der Waals surface area contributed by atoms with Gasteiger partial charge in [0.2, 0.25) is 0 Å². The number of hydrogen-bond acceptors (Lipinski definition) is 3. The fraction of sp³-hybridized carbons (Fsp3) is 0.533. The number of hydrogen-bond donors (Lipinski definition) is 1. The van der Waals surface area contributed by atoms with Gasteiger partial charge in [0.25, 0.3) is 0 Å². The van der Waals surface area contributed by atoms with Crippen molar-refractivity contribution in [3.8, 4) is 0 Å². The molecule has 0 aliphatic carbocycles. The highest BCUT2D eigenvalue weighted by molar-refractivity contribution is 5.77. The highest BCUT2D eigenvalue weighted by Gasteiger charge is 2.16. The largest absolute Gasteiger partial charge is 0.464 e. The van der Waals surface area contributed by atoms with E-state index in [1.165, 1.54) is 5.56 Å². The third kappa shape index (κ3) is 4.49. The van der Waals surface area contributed by atoms with Crippen LogP contribution in [-0.4, -0.2) is 19.1 Å². The van der Waals surface area contributed by atoms with E-state index in [0.717, 1.165) is 12.0 Å². The van der Waals surface area contributed by atoms with Crippen LogP contribution in [0, 0.1) is 5.92 Å². The number of rotatable bonds is 6. The lowest BCUT2D eigenvalue weighted by Crippen LogP contribution is -2.18. The number of benzene rings is 1. The van der Waals surface area contributed by atoms with Gasteiger partial charge in [-0.05, 0) is 30.4 Å². The summed E-state index contributed by atoms with van der Waals surface area (Å²) in [6, 6.07) is 8.18. The standard InChI is InChI=1S/C15H23NO2/c1-11(2)10-13-4-6-14(7-5-13)12(3)15(17)18-9-8-16/h4-7,11-12H,8-10,16H2,1-3H3. The quantitative estimate of drug-likeness (QED) is 0.788. The van der Waals surface area contributed by atoms with Gasteiger partial charge in [0.1, 0.15) is 6.61 Å². The smallest absolute Gasteiger partial charge is 0.313 e. The Kier molecular flexibility index (Phi) is 5.86. The number of ether oxygens (including phenoxy) is 1. The zero-order valence-electron chi connectivity index (χ0n) is 11.5. The first-order valence-corrected chi connectivity index (χ1v) is 6.50. The van der Waals surface area contributed by atoms with Crippen molar-refractivity contribution >= 4 is 5.97 Å². The molecule has 0 aliphatic heterocycles. The highest BCUT2D eigenvalue weighted by atomic mass is 16.5. The van der Waals surface area contributed by atoms with E-state index >= 15 is 0 Å². The lowest BCUT2D eigenvalue weighted by atomic mass is 9.97. The minimum absolute atomic E-state index is 0.211. The Balaban J connectivity index is 2.63. The molecule has 3 nitrogen and oxygen atoms in total. The summed E-state index contributed by atoms with van der Waals surface area (Å²) >= 11 is 0. The van der Waals surface area contributed by atoms with Gasteiger partial charge in [-0.15, -0.1) is 0 Å². The topological polar surface area (TPSA) is 52.3 Å². The lowest BCUT2D eigenvalue weighted by Gasteiger charge is -2.12. The van der Waals surface area contributed by atoms with Crippen LogP contribution in [0.1, 0.15) is 37.8 Å². The Morgan fingerprint density at radius 1 is 1.22 bits per heavy atom. The van der Waals surface area contributed by atoms with Crippen molar-refractivity contribution in [1.29, 1.82) is 0 Å². The van der Waals surface area contributed by atoms with Crippen molar-refractivity contribution in [2.24, 2.45) is 11.7 Å². The summed E-state index contributed by atoms with van der Waals surface area (Å²) in [4.78, 5) is 11.7. The van der Waals surface area contributed by atoms with Crippen molar-refractivity contribution in [3.05, 3.63) is 35.4 Å². The average Bonchev–Trinajstić information content (AvgIpc) is 2.35. The van der Waals surface area contributed by atoms with Gasteiger partial charge in [0.15, 0.2) is 0 Å². The Hall–Kier alpha value is -1.35. The summed E-state index contributed by atoms with van der Waals surface area (Å²) in [7, 11) is 0. The van der Waals surface area contributed by atoms with Crippen molar-refractivity contribution in [2.45, 2.75) is 33.1 Å². The van der Waals surface area contributed by atoms with E-state index in [4.69, 9.17) is 10.5 Å². The maximum atomic E-state index is 11.7. The van der Waals surface area contributed by atoms with E-state index < -0.39 is 0 Å². The average molecular weight is 249 g/mol. The summed E-state index contributed by atoms with van der Waals surface area (Å²) < 4.78 is 5.04. The molecule has 1 atom stereocenters. The van der Waals surface area contributed by atoms with Gasteiger partial charge in [-0.2, -0.15) is 0 Å². The SMILES string of the molecule is CC(C)Cc1ccc(C(C)C(=O)OCCN)cc1. The van der Waals surface area contributed by atoms with Gasteiger partial charge >= 0.3 is 5.97 Å². The van der Waals surface area contributed by atoms with Gasteiger partial charge in [0.05, 0.1) is 5.92 Å². The molecule has 0 fully saturated rings. The fourth-order valence-electron chi connectivity index (χ4n) is 1.83. The van der Waals surface area contributed by atoms with Crippen LogP contribution in [0.4, 0.5) is 0 Å². The first-order valence-electron chi connectivity index (χ1n) is 6.50. The maximum Gasteiger partial charge on any atom is 0.313 e. The molecule has 1 unspecified atom stereocenters. The fourth-order valence-corrected chi connectivity index (χ4v) is 1.83. The van der Waals surface area contributed by atoms with Crippen LogP contribution in [0.3, 0.4) is 0 Å². The van der Waals surface area contributed by atoms with Crippen molar-refractivity contribution in [1.82, 2.24) is 0 Å². The predicted molar refractivity (Wildman–Crippen MR) is 73.4 cm³/mol. The molecule has 18 heavy (non-hydrogen) atoms. The van der Waals surface area contributed by atoms with Crippen LogP contribution in [0.2, 0.25) is 0 Å². The molecular weight excluding hydrogens is 226 g/mol. The Morgan fingerprint density at radius 3 is 2.33 bits per heavy atom. The van der Waals surface area contributed by atoms with Crippen LogP contribution in [0.5, 0.6) is 0 Å². The number of carbonyl (C=O) groups is 1. The number of esters is 1. The zero-order chi connectivity index (χ0) is 13.5. The Morgan fingerprint density at radius 2 is 1.83 bits per heavy atom. The minimum atomic E-state index is -0.232. The van der Waals surface area contributed by atoms with Crippen LogP contribution < -0.4 is 5.73 Å². The van der Waals surface area contributed by atoms with Crippen LogP contribution in [0.25, 0.3) is 0 Å². The molecule has 0 radical (unpaired) electrons. The van der Waals surface area contributed by atoms with Gasteiger partial charge in [-0.25, -0.2) is 0 Å². The molecule has 0 amide bonds. The Labute approximate surface area is 109 Å². The second-order valence-corrected chi connectivity index (χ2v) is 5.02. The third-order valence-corrected chi connectivity index (χ3v) is 2.84. The van der Waals surface area contributed by atoms with Crippen LogP contribution in [0.15, 0.2) is 24.3 Å². The van der Waals surface area contributed by atoms with E-state index in [9.17, 15) is 4.79 Å². The molecule has 1 aromatic carbocycles. The van der Waals surface area contributed by atoms with Gasteiger partial charge in [-0.3, -0.25) is 4.79 Å². The zero-order valence-corrected chi connectivity index (χ0v) is 11.5. The van der Waals surface area contributed by atoms with Gasteiger partial charge < -0.3 is 10.5 Å². The summed E-state index contributed by atoms with van der Waals surface area (Å²) in [5.74, 6) is 0.199. The molecule has 1 aromatic rings. The normalized spacial score (nSPS) is 12.5. The molecule has 2 N–H and O–H groups in total. The molecule has 1 rings (SSSR count). The first kappa shape index (κ1) is 14.7. The molecule has 0 saturated heterocycles. The van der Waals surface area contributed by atoms with Gasteiger partial charge in [0, 0.05) is 6.54 Å². The number of nitrogens with two attached hydrogens (primary N) is 1. The summed E-state index contributed by atoms with van der Waals surface area (Å²) in [5.41, 5.74) is 7.60. The minimum Gasteiger partial charge on any atom is -0.464 e. The molecule has 0 aliphatic rings. The molecule has 0 aromatic heterocycles. The van der Waals surface area contributed by atoms with E-state index in [0.29, 0.717) is 12.5 Å². The van der Waals surface area contributed by atoms with Crippen molar-refractivity contribution in [3.63, 3.8) is 0 Å². The second-order valence-electron chi connectivity index (χ2n) is 5.02. The molecular formula is C15H23NO2. The first-order chi connectivity index (χ1) is 8.54. The van der Waals surface area contributed by atoms with E-state index in [2.05, 4.69) is 26.0 Å². The number of carbonyl (C=O) groups excluding carboxylic acids is 1. The molecule has 3 heteroatoms. The maximum absolute atomic E-state index is 11.7. The van der Waals surface area contributed by atoms with E-state index in [1.807, 2.05) is 19.1 Å². The summed E-state index contributed by atoms with van der Waals surface area (Å²) in [6.45, 7) is 6.90. The van der Waals surface area contributed by atoms with E-state index in [-0.39, 0.29) is 18.5 Å². The molecule has 0 heterocycles. The predicted octanol–water partition coefficient (Wildman–Crippen LogP) is 2.49. The summed E-state index contributed by atoms with van der Waals surface area (Å²) in [5, 5.41) is 0. The lowest BCUT2D eigenvalue weighted by molar-refractivity contribution is -0.144. The van der Waals surface area contributed by atoms with Crippen molar-refractivity contribution < 1.29 is 9.53 Å². The second kappa shape index (κ2) is 7.17. The van der Waals surface area contributed by atoms with E-state index in [1.54, 1.807) is 0 Å². The molecule has 100 valence electrons. The van der Waals surface area contributed by atoms with Crippen LogP contribution in [-0.2, 0) is 16.0 Å². The summed E-state index contributed by atoms with van der Waals surface area (Å²) in [6.07, 6.45) is 1.06. The third-order valence-electron chi connectivity index (χ3n) is 2.84. The highest BCUT2D eigenvalue weighted by Crippen LogP contribution is 2.18. The molecule has 0 saturated carbocycles. The molecule has 0 bridgehead atoms. The van der Waals surface area contributed by atoms with Gasteiger partial charge in [-0.1, -0.05) is 38.1 Å². The monoisotopic (exact) mass is 249 g/mol. The van der Waals surface area contributed by atoms with Crippen LogP contribution >= 0.6 is 0 Å². The van der Waals surface area contributed by atoms with Crippen molar-refractivity contribution in [2.75, 3.05) is 13.2 Å².